The van der Waals surface area contributed by atoms with Crippen molar-refractivity contribution in [3.63, 3.8) is 0 Å². The maximum absolute atomic E-state index is 11.5. The lowest BCUT2D eigenvalue weighted by Crippen LogP contribution is -2.19. The zero-order valence-electron chi connectivity index (χ0n) is 12.1. The van der Waals surface area contributed by atoms with Crippen molar-refractivity contribution in [1.82, 2.24) is 30.0 Å². The highest BCUT2D eigenvalue weighted by atomic mass is 16.5. The second kappa shape index (κ2) is 6.64. The Balaban J connectivity index is 2.33. The Morgan fingerprint density at radius 2 is 2.14 bits per heavy atom. The highest BCUT2D eigenvalue weighted by Gasteiger charge is 2.12. The first-order chi connectivity index (χ1) is 10.2. The van der Waals surface area contributed by atoms with Gasteiger partial charge in [-0.2, -0.15) is 20.1 Å². The van der Waals surface area contributed by atoms with E-state index in [1.165, 1.54) is 4.68 Å². The number of amides is 1. The van der Waals surface area contributed by atoms with Crippen LogP contribution in [0.3, 0.4) is 0 Å². The van der Waals surface area contributed by atoms with Crippen molar-refractivity contribution in [2.45, 2.75) is 13.3 Å². The van der Waals surface area contributed by atoms with Crippen LogP contribution in [0.2, 0.25) is 0 Å². The van der Waals surface area contributed by atoms with Crippen LogP contribution in [0.15, 0.2) is 12.3 Å². The van der Waals surface area contributed by atoms with Gasteiger partial charge in [-0.15, -0.1) is 0 Å². The molecule has 2 aromatic rings. The zero-order chi connectivity index (χ0) is 15.2. The third kappa shape index (κ3) is 3.44. The third-order valence-corrected chi connectivity index (χ3v) is 2.52. The number of carbonyl (C=O) groups excluding carboxylic acids is 1. The highest BCUT2D eigenvalue weighted by Crippen LogP contribution is 2.11. The Bertz CT molecular complexity index is 626. The van der Waals surface area contributed by atoms with E-state index in [4.69, 9.17) is 4.74 Å². The van der Waals surface area contributed by atoms with E-state index in [1.54, 1.807) is 26.4 Å². The normalized spacial score (nSPS) is 10.2. The number of nitrogens with zero attached hydrogens (tertiary/aromatic N) is 5. The van der Waals surface area contributed by atoms with Gasteiger partial charge in [0, 0.05) is 20.3 Å². The van der Waals surface area contributed by atoms with E-state index >= 15 is 0 Å². The second-order valence-electron chi connectivity index (χ2n) is 4.06. The van der Waals surface area contributed by atoms with Gasteiger partial charge in [-0.25, -0.2) is 4.68 Å². The summed E-state index contributed by atoms with van der Waals surface area (Å²) >= 11 is 0. The first-order valence-electron chi connectivity index (χ1n) is 6.52. The summed E-state index contributed by atoms with van der Waals surface area (Å²) in [5, 5.41) is 9.45. The second-order valence-corrected chi connectivity index (χ2v) is 4.06. The minimum Gasteiger partial charge on any atom is -0.463 e. The van der Waals surface area contributed by atoms with Crippen LogP contribution in [0, 0.1) is 0 Å². The van der Waals surface area contributed by atoms with Crippen LogP contribution in [0.4, 0.5) is 5.95 Å². The average molecular weight is 291 g/mol. The van der Waals surface area contributed by atoms with Crippen molar-refractivity contribution < 1.29 is 9.53 Å². The van der Waals surface area contributed by atoms with Gasteiger partial charge >= 0.3 is 6.01 Å². The molecule has 0 saturated heterocycles. The molecule has 0 radical (unpaired) electrons. The van der Waals surface area contributed by atoms with Gasteiger partial charge in [0.2, 0.25) is 5.95 Å². The number of rotatable bonds is 6. The van der Waals surface area contributed by atoms with Gasteiger partial charge in [-0.05, 0) is 12.5 Å². The van der Waals surface area contributed by atoms with Gasteiger partial charge in [0.1, 0.15) is 0 Å². The number of hydrogen-bond donors (Lipinski definition) is 2. The molecule has 0 aliphatic heterocycles. The molecule has 0 atom stereocenters. The van der Waals surface area contributed by atoms with Gasteiger partial charge in [0.05, 0.1) is 6.61 Å². The van der Waals surface area contributed by atoms with Crippen LogP contribution < -0.4 is 15.4 Å². The molecule has 0 unspecified atom stereocenters. The lowest BCUT2D eigenvalue weighted by Gasteiger charge is -2.07. The molecule has 0 aliphatic carbocycles. The zero-order valence-corrected chi connectivity index (χ0v) is 12.1. The summed E-state index contributed by atoms with van der Waals surface area (Å²) in [4.78, 5) is 24.0. The number of aromatic nitrogens is 5. The van der Waals surface area contributed by atoms with Crippen LogP contribution in [0.1, 0.15) is 23.8 Å². The minimum absolute atomic E-state index is 0.211. The van der Waals surface area contributed by atoms with Crippen LogP contribution in [-0.2, 0) is 0 Å². The van der Waals surface area contributed by atoms with Gasteiger partial charge in [0.25, 0.3) is 11.9 Å². The molecule has 0 spiro atoms. The predicted molar refractivity (Wildman–Crippen MR) is 75.7 cm³/mol. The van der Waals surface area contributed by atoms with Crippen LogP contribution >= 0.6 is 0 Å². The summed E-state index contributed by atoms with van der Waals surface area (Å²) in [7, 11) is 3.24. The number of ether oxygens (including phenoxy) is 1. The maximum Gasteiger partial charge on any atom is 0.323 e. The molecule has 0 fully saturated rings. The summed E-state index contributed by atoms with van der Waals surface area (Å²) in [6.07, 6.45) is 2.45. The molecule has 9 heteroatoms. The molecule has 2 aromatic heterocycles. The largest absolute Gasteiger partial charge is 0.463 e. The molecule has 2 heterocycles. The smallest absolute Gasteiger partial charge is 0.323 e. The number of carbonyl (C=O) groups is 1. The summed E-state index contributed by atoms with van der Waals surface area (Å²) in [5.74, 6) is 0.359. The van der Waals surface area contributed by atoms with Crippen molar-refractivity contribution in [2.24, 2.45) is 0 Å². The van der Waals surface area contributed by atoms with E-state index in [0.29, 0.717) is 12.6 Å². The molecule has 0 bridgehead atoms. The molecule has 112 valence electrons. The first kappa shape index (κ1) is 14.7. The minimum atomic E-state index is -0.279. The predicted octanol–water partition coefficient (Wildman–Crippen LogP) is 0.247. The fraction of sp³-hybridized carbons (Fsp3) is 0.417. The maximum atomic E-state index is 11.5. The summed E-state index contributed by atoms with van der Waals surface area (Å²) in [5.41, 5.74) is 0.278. The van der Waals surface area contributed by atoms with Crippen LogP contribution in [0.25, 0.3) is 5.95 Å². The fourth-order valence-corrected chi connectivity index (χ4v) is 1.50. The van der Waals surface area contributed by atoms with Gasteiger partial charge in [-0.3, -0.25) is 4.79 Å². The Hall–Kier alpha value is -2.71. The molecule has 2 N–H and O–H groups in total. The molecule has 9 nitrogen and oxygen atoms in total. The molecule has 0 aliphatic rings. The molecule has 2 rings (SSSR count). The highest BCUT2D eigenvalue weighted by molar-refractivity contribution is 5.91. The van der Waals surface area contributed by atoms with Gasteiger partial charge in [0.15, 0.2) is 5.69 Å². The number of anilines is 1. The third-order valence-electron chi connectivity index (χ3n) is 2.52. The van der Waals surface area contributed by atoms with Crippen molar-refractivity contribution in [1.29, 1.82) is 0 Å². The lowest BCUT2D eigenvalue weighted by molar-refractivity contribution is 0.0957. The summed E-state index contributed by atoms with van der Waals surface area (Å²) in [6, 6.07) is 1.79. The Morgan fingerprint density at radius 3 is 2.81 bits per heavy atom. The quantitative estimate of drug-likeness (QED) is 0.785. The van der Waals surface area contributed by atoms with Crippen LogP contribution in [0.5, 0.6) is 6.01 Å². The summed E-state index contributed by atoms with van der Waals surface area (Å²) < 4.78 is 6.81. The molecular weight excluding hydrogens is 274 g/mol. The van der Waals surface area contributed by atoms with Crippen molar-refractivity contribution >= 4 is 11.9 Å². The van der Waals surface area contributed by atoms with Crippen LogP contribution in [-0.4, -0.2) is 51.3 Å². The van der Waals surface area contributed by atoms with Crippen molar-refractivity contribution in [3.8, 4) is 12.0 Å². The molecule has 21 heavy (non-hydrogen) atoms. The van der Waals surface area contributed by atoms with E-state index in [2.05, 4.69) is 30.7 Å². The fourth-order valence-electron chi connectivity index (χ4n) is 1.50. The first-order valence-corrected chi connectivity index (χ1v) is 6.52. The van der Waals surface area contributed by atoms with E-state index < -0.39 is 0 Å². The van der Waals surface area contributed by atoms with Gasteiger partial charge < -0.3 is 15.4 Å². The van der Waals surface area contributed by atoms with E-state index in [0.717, 1.165) is 6.42 Å². The molecule has 0 aromatic carbocycles. The summed E-state index contributed by atoms with van der Waals surface area (Å²) in [6.45, 7) is 2.50. The number of hydrogen-bond acceptors (Lipinski definition) is 7. The Morgan fingerprint density at radius 1 is 1.33 bits per heavy atom. The molecule has 0 saturated carbocycles. The Labute approximate surface area is 121 Å². The van der Waals surface area contributed by atoms with Gasteiger partial charge in [-0.1, -0.05) is 6.92 Å². The molecular formula is C12H17N7O2. The number of nitrogens with one attached hydrogen (secondary N) is 2. The standard InChI is InChI=1S/C12H17N7O2/c1-4-7-21-12-16-10(14-3)15-11(17-12)19-6-5-8(18-19)9(20)13-2/h5-6H,4,7H2,1-3H3,(H,13,20)(H,14,15,16,17). The topological polar surface area (TPSA) is 107 Å². The monoisotopic (exact) mass is 291 g/mol. The Kier molecular flexibility index (Phi) is 4.64. The lowest BCUT2D eigenvalue weighted by atomic mass is 10.4. The molecule has 1 amide bonds. The average Bonchev–Trinajstić information content (AvgIpc) is 3.01. The van der Waals surface area contributed by atoms with E-state index in [1.807, 2.05) is 6.92 Å². The SMILES string of the molecule is CCCOc1nc(NC)nc(-n2ccc(C(=O)NC)n2)n1. The van der Waals surface area contributed by atoms with Crippen molar-refractivity contribution in [2.75, 3.05) is 26.0 Å². The van der Waals surface area contributed by atoms with Crippen molar-refractivity contribution in [3.05, 3.63) is 18.0 Å². The van der Waals surface area contributed by atoms with E-state index in [-0.39, 0.29) is 23.6 Å². The van der Waals surface area contributed by atoms with E-state index in [9.17, 15) is 4.79 Å².